The molecule has 0 saturated carbocycles. The quantitative estimate of drug-likeness (QED) is 0.521. The van der Waals surface area contributed by atoms with Crippen LogP contribution in [0, 0.1) is 0 Å². The first-order valence-electron chi connectivity index (χ1n) is 11.7. The van der Waals surface area contributed by atoms with Crippen molar-refractivity contribution in [3.8, 4) is 0 Å². The highest BCUT2D eigenvalue weighted by Gasteiger charge is 2.20. The fraction of sp³-hybridized carbons (Fsp3) is 0.500. The number of aromatic nitrogens is 3. The molecule has 0 bridgehead atoms. The lowest BCUT2D eigenvalue weighted by Gasteiger charge is -2.30. The van der Waals surface area contributed by atoms with E-state index in [-0.39, 0.29) is 0 Å². The number of nitrogens with zero attached hydrogens (tertiary/aromatic N) is 7. The van der Waals surface area contributed by atoms with Gasteiger partial charge in [-0.25, -0.2) is 5.43 Å². The summed E-state index contributed by atoms with van der Waals surface area (Å²) in [5, 5.41) is 4.32. The summed E-state index contributed by atoms with van der Waals surface area (Å²) in [5.74, 6) is 2.02. The van der Waals surface area contributed by atoms with Crippen LogP contribution in [0.4, 0.5) is 23.5 Å². The Morgan fingerprint density at radius 3 is 1.91 bits per heavy atom. The van der Waals surface area contributed by atoms with Crippen LogP contribution < -0.4 is 20.1 Å². The molecule has 0 radical (unpaired) electrons. The van der Waals surface area contributed by atoms with Crippen molar-refractivity contribution in [3.63, 3.8) is 0 Å². The predicted octanol–water partition coefficient (Wildman–Crippen LogP) is 4.03. The van der Waals surface area contributed by atoms with Crippen LogP contribution in [0.15, 0.2) is 35.4 Å². The fourth-order valence-electron chi connectivity index (χ4n) is 4.05. The van der Waals surface area contributed by atoms with Crippen molar-refractivity contribution in [2.24, 2.45) is 5.10 Å². The van der Waals surface area contributed by atoms with Crippen molar-refractivity contribution >= 4 is 35.8 Å². The lowest BCUT2D eigenvalue weighted by molar-refractivity contribution is 0.556. The topological polar surface area (TPSA) is 72.8 Å². The van der Waals surface area contributed by atoms with Gasteiger partial charge < -0.3 is 14.7 Å². The number of allylic oxidation sites excluding steroid dienone is 1. The van der Waals surface area contributed by atoms with Gasteiger partial charge in [-0.1, -0.05) is 18.2 Å². The van der Waals surface area contributed by atoms with Gasteiger partial charge in [-0.2, -0.15) is 20.1 Å². The molecule has 0 atom stereocenters. The van der Waals surface area contributed by atoms with Gasteiger partial charge in [0.15, 0.2) is 0 Å². The molecule has 1 aromatic heterocycles. The summed E-state index contributed by atoms with van der Waals surface area (Å²) in [7, 11) is 4.08. The first kappa shape index (κ1) is 22.0. The van der Waals surface area contributed by atoms with Crippen molar-refractivity contribution < 1.29 is 0 Å². The molecule has 0 unspecified atom stereocenters. The van der Waals surface area contributed by atoms with Gasteiger partial charge in [0.05, 0.1) is 0 Å². The summed E-state index contributed by atoms with van der Waals surface area (Å²) in [5.41, 5.74) is 5.32. The van der Waals surface area contributed by atoms with Crippen molar-refractivity contribution in [1.29, 1.82) is 0 Å². The normalized spacial score (nSPS) is 17.3. The van der Waals surface area contributed by atoms with E-state index in [1.165, 1.54) is 44.2 Å². The molecular formula is C24H34N8. The maximum absolute atomic E-state index is 4.80. The van der Waals surface area contributed by atoms with Crippen LogP contribution in [0.2, 0.25) is 0 Å². The van der Waals surface area contributed by atoms with E-state index < -0.39 is 0 Å². The monoisotopic (exact) mass is 434 g/mol. The van der Waals surface area contributed by atoms with Crippen molar-refractivity contribution in [2.45, 2.75) is 38.5 Å². The zero-order chi connectivity index (χ0) is 22.2. The summed E-state index contributed by atoms with van der Waals surface area (Å²) in [6.45, 7) is 4.01. The number of hydrogen-bond donors (Lipinski definition) is 1. The molecule has 8 nitrogen and oxygen atoms in total. The maximum Gasteiger partial charge on any atom is 0.250 e. The van der Waals surface area contributed by atoms with Gasteiger partial charge in [-0.3, -0.25) is 0 Å². The second-order valence-electron chi connectivity index (χ2n) is 8.59. The highest BCUT2D eigenvalue weighted by Crippen LogP contribution is 2.22. The number of hydrazone groups is 1. The summed E-state index contributed by atoms with van der Waals surface area (Å²) in [4.78, 5) is 20.7. The third kappa shape index (κ3) is 5.96. The number of piperidine rings is 2. The molecule has 1 N–H and O–H groups in total. The molecule has 2 saturated heterocycles. The van der Waals surface area contributed by atoms with Gasteiger partial charge in [-0.15, -0.1) is 0 Å². The van der Waals surface area contributed by atoms with Crippen LogP contribution in [0.3, 0.4) is 0 Å². The SMILES string of the molecule is CN(C)c1ccc(/C=C/C=N/Nc2nc(N3CCCCC3)nc(N3CCCCC3)n2)cc1. The number of rotatable bonds is 7. The molecule has 2 aliphatic heterocycles. The Hall–Kier alpha value is -3.16. The molecule has 8 heteroatoms. The van der Waals surface area contributed by atoms with Crippen molar-refractivity contribution in [3.05, 3.63) is 35.9 Å². The largest absolute Gasteiger partial charge is 0.378 e. The third-order valence-electron chi connectivity index (χ3n) is 5.91. The minimum Gasteiger partial charge on any atom is -0.378 e. The van der Waals surface area contributed by atoms with E-state index in [0.717, 1.165) is 43.6 Å². The average Bonchev–Trinajstić information content (AvgIpc) is 2.85. The van der Waals surface area contributed by atoms with E-state index >= 15 is 0 Å². The van der Waals surface area contributed by atoms with Gasteiger partial charge >= 0.3 is 0 Å². The molecule has 32 heavy (non-hydrogen) atoms. The smallest absolute Gasteiger partial charge is 0.250 e. The standard InChI is InChI=1S/C24H34N8/c1-30(2)21-13-11-20(12-14-21)10-9-15-25-29-22-26-23(31-16-5-3-6-17-31)28-24(27-22)32-18-7-4-8-19-32/h9-15H,3-8,16-19H2,1-2H3,(H,26,27,28,29)/b10-9+,25-15+. The number of anilines is 4. The minimum absolute atomic E-state index is 0.501. The van der Waals surface area contributed by atoms with E-state index in [1.807, 2.05) is 26.2 Å². The van der Waals surface area contributed by atoms with Gasteiger partial charge in [0, 0.05) is 52.2 Å². The second-order valence-corrected chi connectivity index (χ2v) is 8.59. The van der Waals surface area contributed by atoms with E-state index in [9.17, 15) is 0 Å². The molecule has 0 aliphatic carbocycles. The first-order chi connectivity index (χ1) is 15.7. The first-order valence-corrected chi connectivity index (χ1v) is 11.7. The van der Waals surface area contributed by atoms with E-state index in [4.69, 9.17) is 4.98 Å². The summed E-state index contributed by atoms with van der Waals surface area (Å²) >= 11 is 0. The fourth-order valence-corrected chi connectivity index (χ4v) is 4.05. The van der Waals surface area contributed by atoms with Crippen molar-refractivity contribution in [1.82, 2.24) is 15.0 Å². The zero-order valence-electron chi connectivity index (χ0n) is 19.2. The molecule has 2 aromatic rings. The summed E-state index contributed by atoms with van der Waals surface area (Å²) in [6.07, 6.45) is 13.0. The van der Waals surface area contributed by atoms with Gasteiger partial charge in [0.1, 0.15) is 0 Å². The maximum atomic E-state index is 4.80. The van der Waals surface area contributed by atoms with Gasteiger partial charge in [0.25, 0.3) is 0 Å². The molecule has 4 rings (SSSR count). The third-order valence-corrected chi connectivity index (χ3v) is 5.91. The molecule has 0 spiro atoms. The highest BCUT2D eigenvalue weighted by atomic mass is 15.4. The lowest BCUT2D eigenvalue weighted by Crippen LogP contribution is -2.34. The Morgan fingerprint density at radius 2 is 1.38 bits per heavy atom. The van der Waals surface area contributed by atoms with Crippen LogP contribution >= 0.6 is 0 Å². The summed E-state index contributed by atoms with van der Waals surface area (Å²) < 4.78 is 0. The molecule has 2 fully saturated rings. The molecule has 170 valence electrons. The number of nitrogens with one attached hydrogen (secondary N) is 1. The van der Waals surface area contributed by atoms with E-state index in [2.05, 4.69) is 59.5 Å². The number of benzene rings is 1. The Balaban J connectivity index is 1.44. The highest BCUT2D eigenvalue weighted by molar-refractivity contribution is 5.78. The van der Waals surface area contributed by atoms with Gasteiger partial charge in [0.2, 0.25) is 17.8 Å². The summed E-state index contributed by atoms with van der Waals surface area (Å²) in [6, 6.07) is 8.39. The minimum atomic E-state index is 0.501. The van der Waals surface area contributed by atoms with E-state index in [1.54, 1.807) is 6.21 Å². The second kappa shape index (κ2) is 10.9. The van der Waals surface area contributed by atoms with Crippen LogP contribution in [-0.4, -0.2) is 61.4 Å². The van der Waals surface area contributed by atoms with Crippen LogP contribution in [-0.2, 0) is 0 Å². The Bertz CT molecular complexity index is 874. The molecule has 3 heterocycles. The number of hydrogen-bond acceptors (Lipinski definition) is 8. The van der Waals surface area contributed by atoms with Crippen molar-refractivity contribution in [2.75, 3.05) is 60.4 Å². The Kier molecular flexibility index (Phi) is 7.53. The molecular weight excluding hydrogens is 400 g/mol. The molecule has 2 aliphatic rings. The average molecular weight is 435 g/mol. The zero-order valence-corrected chi connectivity index (χ0v) is 19.2. The van der Waals surface area contributed by atoms with Crippen LogP contribution in [0.25, 0.3) is 6.08 Å². The Morgan fingerprint density at radius 1 is 0.812 bits per heavy atom. The van der Waals surface area contributed by atoms with Gasteiger partial charge in [-0.05, 0) is 62.3 Å². The Labute approximate surface area is 191 Å². The molecule has 1 aromatic carbocycles. The lowest BCUT2D eigenvalue weighted by atomic mass is 10.1. The van der Waals surface area contributed by atoms with E-state index in [0.29, 0.717) is 5.95 Å². The van der Waals surface area contributed by atoms with Crippen LogP contribution in [0.1, 0.15) is 44.1 Å². The van der Waals surface area contributed by atoms with Crippen LogP contribution in [0.5, 0.6) is 0 Å². The molecule has 0 amide bonds. The predicted molar refractivity (Wildman–Crippen MR) is 134 cm³/mol.